The molecule has 1 aromatic heterocycles. The molecule has 3 heterocycles. The number of thiazole rings is 1. The third-order valence-corrected chi connectivity index (χ3v) is 7.64. The molecule has 0 spiro atoms. The first-order chi connectivity index (χ1) is 16.8. The highest BCUT2D eigenvalue weighted by molar-refractivity contribution is 7.09. The van der Waals surface area contributed by atoms with Crippen LogP contribution < -0.4 is 5.32 Å². The number of nitrogens with one attached hydrogen (secondary N) is 1. The number of carbonyl (C=O) groups is 2. The monoisotopic (exact) mass is 515 g/mol. The van der Waals surface area contributed by atoms with Gasteiger partial charge in [-0.05, 0) is 31.9 Å². The topological polar surface area (TPSA) is 80.8 Å². The van der Waals surface area contributed by atoms with Crippen molar-refractivity contribution in [3.8, 4) is 0 Å². The van der Waals surface area contributed by atoms with Crippen molar-refractivity contribution in [2.45, 2.75) is 51.7 Å². The van der Waals surface area contributed by atoms with E-state index in [4.69, 9.17) is 21.1 Å². The van der Waals surface area contributed by atoms with E-state index in [0.717, 1.165) is 18.1 Å². The SMILES string of the molecule is CCC1=C(C(=O)OC2(C)CCN(Cc3nccs3)C2)C(c2ccccc2Cl)C(C(=O)OC)=C(C)N1. The number of benzene rings is 1. The van der Waals surface area contributed by atoms with Crippen LogP contribution in [0.4, 0.5) is 0 Å². The second-order valence-corrected chi connectivity index (χ2v) is 10.5. The fourth-order valence-electron chi connectivity index (χ4n) is 4.86. The lowest BCUT2D eigenvalue weighted by Gasteiger charge is -2.33. The highest BCUT2D eigenvalue weighted by Gasteiger charge is 2.43. The Hall–Kier alpha value is -2.68. The molecule has 9 heteroatoms. The highest BCUT2D eigenvalue weighted by atomic mass is 35.5. The molecule has 0 radical (unpaired) electrons. The van der Waals surface area contributed by atoms with E-state index < -0.39 is 23.5 Å². The summed E-state index contributed by atoms with van der Waals surface area (Å²) in [4.78, 5) is 33.3. The van der Waals surface area contributed by atoms with Gasteiger partial charge in [-0.2, -0.15) is 0 Å². The number of esters is 2. The Balaban J connectivity index is 1.66. The molecule has 2 aliphatic heterocycles. The van der Waals surface area contributed by atoms with E-state index in [1.807, 2.05) is 44.4 Å². The van der Waals surface area contributed by atoms with Gasteiger partial charge >= 0.3 is 11.9 Å². The summed E-state index contributed by atoms with van der Waals surface area (Å²) in [6, 6.07) is 7.26. The Morgan fingerprint density at radius 2 is 2.06 bits per heavy atom. The van der Waals surface area contributed by atoms with Gasteiger partial charge in [0.1, 0.15) is 10.6 Å². The second-order valence-electron chi connectivity index (χ2n) is 9.08. The molecule has 1 N–H and O–H groups in total. The summed E-state index contributed by atoms with van der Waals surface area (Å²) >= 11 is 8.20. The van der Waals surface area contributed by atoms with Gasteiger partial charge < -0.3 is 14.8 Å². The summed E-state index contributed by atoms with van der Waals surface area (Å²) in [7, 11) is 1.33. The van der Waals surface area contributed by atoms with Crippen molar-refractivity contribution in [3.63, 3.8) is 0 Å². The molecule has 1 fully saturated rings. The molecule has 0 aliphatic carbocycles. The molecule has 1 aromatic carbocycles. The van der Waals surface area contributed by atoms with E-state index in [-0.39, 0.29) is 0 Å². The number of likely N-dealkylation sites (tertiary alicyclic amines) is 1. The normalized spacial score (nSPS) is 22.8. The van der Waals surface area contributed by atoms with Gasteiger partial charge in [0.05, 0.1) is 30.7 Å². The van der Waals surface area contributed by atoms with Crippen LogP contribution in [-0.4, -0.2) is 47.6 Å². The predicted molar refractivity (Wildman–Crippen MR) is 136 cm³/mol. The van der Waals surface area contributed by atoms with Crippen LogP contribution in [0.25, 0.3) is 0 Å². The maximum Gasteiger partial charge on any atom is 0.337 e. The fraction of sp³-hybridized carbons (Fsp3) is 0.423. The summed E-state index contributed by atoms with van der Waals surface area (Å²) in [6.45, 7) is 7.87. The lowest BCUT2D eigenvalue weighted by atomic mass is 9.79. The van der Waals surface area contributed by atoms with Crippen molar-refractivity contribution in [1.29, 1.82) is 0 Å². The molecule has 4 rings (SSSR count). The number of nitrogens with zero attached hydrogens (tertiary/aromatic N) is 2. The molecule has 7 nitrogen and oxygen atoms in total. The first-order valence-corrected chi connectivity index (χ1v) is 12.9. The molecule has 2 unspecified atom stereocenters. The number of halogens is 1. The fourth-order valence-corrected chi connectivity index (χ4v) is 5.76. The zero-order valence-corrected chi connectivity index (χ0v) is 22.0. The first kappa shape index (κ1) is 25.4. The van der Waals surface area contributed by atoms with Crippen LogP contribution in [0.15, 0.2) is 58.4 Å². The Morgan fingerprint density at radius 1 is 1.29 bits per heavy atom. The number of rotatable bonds is 7. The van der Waals surface area contributed by atoms with Crippen LogP contribution in [0.2, 0.25) is 5.02 Å². The third kappa shape index (κ3) is 5.29. The predicted octanol–water partition coefficient (Wildman–Crippen LogP) is 4.80. The molecule has 2 aromatic rings. The standard InChI is InChI=1S/C26H30ClN3O4S/c1-5-19-23(25(32)34-26(3)10-12-30(15-26)14-20-28-11-13-35-20)22(17-8-6-7-9-18(17)27)21(16(2)29-19)24(31)33-4/h6-9,11,13,22,29H,5,10,12,14-15H2,1-4H3. The van der Waals surface area contributed by atoms with Crippen molar-refractivity contribution < 1.29 is 19.1 Å². The van der Waals surface area contributed by atoms with E-state index in [2.05, 4.69) is 15.2 Å². The number of aromatic nitrogens is 1. The Bertz CT molecular complexity index is 1180. The third-order valence-electron chi connectivity index (χ3n) is 6.54. The van der Waals surface area contributed by atoms with Crippen LogP contribution in [0.3, 0.4) is 0 Å². The van der Waals surface area contributed by atoms with E-state index in [0.29, 0.717) is 52.5 Å². The molecular weight excluding hydrogens is 486 g/mol. The summed E-state index contributed by atoms with van der Waals surface area (Å²) in [5.74, 6) is -1.66. The number of allylic oxidation sites excluding steroid dienone is 2. The average Bonchev–Trinajstić information content (AvgIpc) is 3.47. The minimum atomic E-state index is -0.698. The molecule has 2 aliphatic rings. The Labute approximate surface area is 214 Å². The van der Waals surface area contributed by atoms with Crippen LogP contribution in [-0.2, 0) is 25.6 Å². The molecular formula is C26H30ClN3O4S. The Kier molecular flexibility index (Phi) is 7.64. The molecule has 2 atom stereocenters. The van der Waals surface area contributed by atoms with Crippen LogP contribution in [0.5, 0.6) is 0 Å². The average molecular weight is 516 g/mol. The smallest absolute Gasteiger partial charge is 0.337 e. The van der Waals surface area contributed by atoms with Gasteiger partial charge in [0, 0.05) is 47.5 Å². The van der Waals surface area contributed by atoms with Crippen molar-refractivity contribution in [1.82, 2.24) is 15.2 Å². The Morgan fingerprint density at radius 3 is 2.71 bits per heavy atom. The number of dihydropyridines is 1. The van der Waals surface area contributed by atoms with Crippen molar-refractivity contribution >= 4 is 34.9 Å². The second kappa shape index (κ2) is 10.5. The molecule has 0 saturated carbocycles. The number of methoxy groups -OCH3 is 1. The van der Waals surface area contributed by atoms with Gasteiger partial charge in [0.25, 0.3) is 0 Å². The van der Waals surface area contributed by atoms with E-state index in [1.54, 1.807) is 23.6 Å². The molecule has 1 saturated heterocycles. The van der Waals surface area contributed by atoms with Gasteiger partial charge in [-0.25, -0.2) is 14.6 Å². The lowest BCUT2D eigenvalue weighted by Crippen LogP contribution is -2.39. The largest absolute Gasteiger partial charge is 0.466 e. The van der Waals surface area contributed by atoms with Gasteiger partial charge in [0.15, 0.2) is 0 Å². The van der Waals surface area contributed by atoms with Crippen molar-refractivity contribution in [2.24, 2.45) is 0 Å². The van der Waals surface area contributed by atoms with Crippen molar-refractivity contribution in [2.75, 3.05) is 20.2 Å². The molecule has 0 amide bonds. The number of carbonyl (C=O) groups excluding carboxylic acids is 2. The van der Waals surface area contributed by atoms with Gasteiger partial charge in [-0.3, -0.25) is 4.90 Å². The van der Waals surface area contributed by atoms with E-state index >= 15 is 0 Å². The summed E-state index contributed by atoms with van der Waals surface area (Å²) in [5.41, 5.74) is 2.10. The number of ether oxygens (including phenoxy) is 2. The number of hydrogen-bond donors (Lipinski definition) is 1. The zero-order chi connectivity index (χ0) is 25.2. The van der Waals surface area contributed by atoms with Crippen LogP contribution >= 0.6 is 22.9 Å². The van der Waals surface area contributed by atoms with Gasteiger partial charge in [-0.15, -0.1) is 11.3 Å². The first-order valence-electron chi connectivity index (χ1n) is 11.6. The number of hydrogen-bond acceptors (Lipinski definition) is 8. The van der Waals surface area contributed by atoms with Crippen LogP contribution in [0, 0.1) is 0 Å². The summed E-state index contributed by atoms with van der Waals surface area (Å²) < 4.78 is 11.3. The zero-order valence-electron chi connectivity index (χ0n) is 20.4. The summed E-state index contributed by atoms with van der Waals surface area (Å²) in [6.07, 6.45) is 3.07. The maximum absolute atomic E-state index is 13.8. The van der Waals surface area contributed by atoms with E-state index in [9.17, 15) is 9.59 Å². The van der Waals surface area contributed by atoms with E-state index in [1.165, 1.54) is 7.11 Å². The van der Waals surface area contributed by atoms with Crippen molar-refractivity contribution in [3.05, 3.63) is 74.0 Å². The molecule has 0 bridgehead atoms. The van der Waals surface area contributed by atoms with Gasteiger partial charge in [0.2, 0.25) is 0 Å². The quantitative estimate of drug-likeness (QED) is 0.530. The maximum atomic E-state index is 13.8. The van der Waals surface area contributed by atoms with Crippen LogP contribution in [0.1, 0.15) is 50.1 Å². The molecule has 186 valence electrons. The molecule has 35 heavy (non-hydrogen) atoms. The highest BCUT2D eigenvalue weighted by Crippen LogP contribution is 2.43. The minimum Gasteiger partial charge on any atom is -0.466 e. The summed E-state index contributed by atoms with van der Waals surface area (Å²) in [5, 5.41) is 6.72. The van der Waals surface area contributed by atoms with Gasteiger partial charge in [-0.1, -0.05) is 36.7 Å². The lowest BCUT2D eigenvalue weighted by molar-refractivity contribution is -0.152. The minimum absolute atomic E-state index is 0.353.